The first kappa shape index (κ1) is 21.0. The van der Waals surface area contributed by atoms with Gasteiger partial charge in [-0.3, -0.25) is 19.4 Å². The van der Waals surface area contributed by atoms with Crippen LogP contribution in [0.2, 0.25) is 0 Å². The van der Waals surface area contributed by atoms with Gasteiger partial charge in [0.15, 0.2) is 0 Å². The van der Waals surface area contributed by atoms with E-state index in [-0.39, 0.29) is 19.2 Å². The molecule has 0 radical (unpaired) electrons. The number of benzene rings is 2. The zero-order chi connectivity index (χ0) is 21.3. The lowest BCUT2D eigenvalue weighted by Gasteiger charge is -2.34. The van der Waals surface area contributed by atoms with Crippen molar-refractivity contribution in [3.63, 3.8) is 0 Å². The highest BCUT2D eigenvalue weighted by atomic mass is 16.5. The molecule has 1 fully saturated rings. The van der Waals surface area contributed by atoms with E-state index in [9.17, 15) is 9.59 Å². The first-order valence-corrected chi connectivity index (χ1v) is 11.0. The maximum absolute atomic E-state index is 13.7. The van der Waals surface area contributed by atoms with Crippen molar-refractivity contribution >= 4 is 33.6 Å². The van der Waals surface area contributed by atoms with Crippen molar-refractivity contribution in [3.8, 4) is 5.75 Å². The van der Waals surface area contributed by atoms with Crippen molar-refractivity contribution in [1.29, 1.82) is 0 Å². The molecule has 1 aliphatic carbocycles. The molecular formula is C25H30N4O3. The first-order valence-electron chi connectivity index (χ1n) is 11.0. The molecule has 2 aromatic carbocycles. The predicted octanol–water partition coefficient (Wildman–Crippen LogP) is 3.26. The fourth-order valence-corrected chi connectivity index (χ4v) is 5.56. The maximum atomic E-state index is 13.7. The standard InChI is InChI=1S/C24H26N4O3.CH4/c1-26-9-11-27(12-10-26)13-28-23(29)18-14-5-3-6-15(14)22-20(21(18)24(28)30)19-16(25-22)7-4-8-17(19)31-2;/h4,7-8,25H,3,5-6,9-13H2,1-2H3;1H4. The van der Waals surface area contributed by atoms with Crippen LogP contribution >= 0.6 is 0 Å². The van der Waals surface area contributed by atoms with Gasteiger partial charge < -0.3 is 14.6 Å². The maximum Gasteiger partial charge on any atom is 0.263 e. The molecule has 2 aliphatic heterocycles. The van der Waals surface area contributed by atoms with Crippen molar-refractivity contribution in [2.24, 2.45) is 0 Å². The molecule has 3 heterocycles. The molecule has 0 spiro atoms. The van der Waals surface area contributed by atoms with E-state index in [2.05, 4.69) is 21.8 Å². The van der Waals surface area contributed by atoms with E-state index < -0.39 is 0 Å². The van der Waals surface area contributed by atoms with Crippen LogP contribution in [0.5, 0.6) is 5.75 Å². The minimum absolute atomic E-state index is 0. The second-order valence-corrected chi connectivity index (χ2v) is 8.92. The Hall–Kier alpha value is -2.90. The number of carbonyl (C=O) groups is 2. The van der Waals surface area contributed by atoms with Gasteiger partial charge in [0.05, 0.1) is 41.3 Å². The van der Waals surface area contributed by atoms with E-state index in [1.807, 2.05) is 18.2 Å². The molecule has 2 amide bonds. The van der Waals surface area contributed by atoms with Gasteiger partial charge in [0.25, 0.3) is 11.8 Å². The Morgan fingerprint density at radius 1 is 0.969 bits per heavy atom. The second-order valence-electron chi connectivity index (χ2n) is 8.92. The van der Waals surface area contributed by atoms with Crippen molar-refractivity contribution in [1.82, 2.24) is 19.7 Å². The molecule has 0 bridgehead atoms. The van der Waals surface area contributed by atoms with E-state index in [0.29, 0.717) is 17.8 Å². The summed E-state index contributed by atoms with van der Waals surface area (Å²) in [5, 5.41) is 1.75. The SMILES string of the molecule is C.COc1cccc2[nH]c3c4c(c5c(c3c12)C(=O)N(CN1CCN(C)CC1)C5=O)CCC4. The van der Waals surface area contributed by atoms with Crippen molar-refractivity contribution in [3.05, 3.63) is 40.5 Å². The van der Waals surface area contributed by atoms with E-state index in [0.717, 1.165) is 78.6 Å². The Morgan fingerprint density at radius 2 is 1.69 bits per heavy atom. The largest absolute Gasteiger partial charge is 0.496 e. The molecular weight excluding hydrogens is 404 g/mol. The fourth-order valence-electron chi connectivity index (χ4n) is 5.56. The second kappa shape index (κ2) is 7.60. The average molecular weight is 435 g/mol. The number of carbonyl (C=O) groups excluding carboxylic acids is 2. The number of methoxy groups -OCH3 is 1. The van der Waals surface area contributed by atoms with Gasteiger partial charge in [-0.2, -0.15) is 0 Å². The van der Waals surface area contributed by atoms with Crippen LogP contribution in [0, 0.1) is 0 Å². The van der Waals surface area contributed by atoms with Gasteiger partial charge in [-0.25, -0.2) is 0 Å². The molecule has 6 rings (SSSR count). The summed E-state index contributed by atoms with van der Waals surface area (Å²) in [6, 6.07) is 5.87. The van der Waals surface area contributed by atoms with Gasteiger partial charge in [0, 0.05) is 31.6 Å². The molecule has 168 valence electrons. The van der Waals surface area contributed by atoms with E-state index in [1.165, 1.54) is 10.5 Å². The number of aryl methyl sites for hydroxylation is 1. The number of nitrogens with one attached hydrogen (secondary N) is 1. The molecule has 1 aromatic heterocycles. The third kappa shape index (κ3) is 2.81. The highest BCUT2D eigenvalue weighted by Gasteiger charge is 2.43. The number of ether oxygens (including phenoxy) is 1. The number of H-pyrrole nitrogens is 1. The summed E-state index contributed by atoms with van der Waals surface area (Å²) in [7, 11) is 3.75. The van der Waals surface area contributed by atoms with Gasteiger partial charge in [-0.1, -0.05) is 13.5 Å². The number of hydrogen-bond acceptors (Lipinski definition) is 5. The Labute approximate surface area is 187 Å². The van der Waals surface area contributed by atoms with Crippen LogP contribution < -0.4 is 4.74 Å². The molecule has 0 saturated carbocycles. The molecule has 1 N–H and O–H groups in total. The average Bonchev–Trinajstić information content (AvgIpc) is 3.46. The molecule has 7 nitrogen and oxygen atoms in total. The van der Waals surface area contributed by atoms with Crippen LogP contribution in [0.25, 0.3) is 21.8 Å². The van der Waals surface area contributed by atoms with Crippen LogP contribution in [0.3, 0.4) is 0 Å². The summed E-state index contributed by atoms with van der Waals surface area (Å²) in [6.07, 6.45) is 2.78. The number of likely N-dealkylation sites (N-methyl/N-ethyl adjacent to an activating group) is 1. The Bertz CT molecular complexity index is 1250. The third-order valence-electron chi connectivity index (χ3n) is 7.18. The van der Waals surface area contributed by atoms with Crippen molar-refractivity contribution in [2.75, 3.05) is 47.0 Å². The molecule has 3 aromatic rings. The van der Waals surface area contributed by atoms with Crippen molar-refractivity contribution < 1.29 is 14.3 Å². The number of fused-ring (bicyclic) bond motifs is 8. The topological polar surface area (TPSA) is 68.9 Å². The van der Waals surface area contributed by atoms with Crippen LogP contribution in [0.15, 0.2) is 18.2 Å². The summed E-state index contributed by atoms with van der Waals surface area (Å²) in [5.41, 5.74) is 5.38. The van der Waals surface area contributed by atoms with Gasteiger partial charge in [0.1, 0.15) is 5.75 Å². The number of imide groups is 1. The molecule has 3 aliphatic rings. The minimum Gasteiger partial charge on any atom is -0.496 e. The molecule has 32 heavy (non-hydrogen) atoms. The van der Waals surface area contributed by atoms with Crippen LogP contribution in [-0.2, 0) is 12.8 Å². The lowest BCUT2D eigenvalue weighted by molar-refractivity contribution is 0.0476. The molecule has 0 atom stereocenters. The Kier molecular flexibility index (Phi) is 4.98. The molecule has 1 saturated heterocycles. The first-order chi connectivity index (χ1) is 15.1. The summed E-state index contributed by atoms with van der Waals surface area (Å²) >= 11 is 0. The summed E-state index contributed by atoms with van der Waals surface area (Å²) in [4.78, 5) is 36.8. The number of hydrogen-bond donors (Lipinski definition) is 1. The number of aromatic amines is 1. The van der Waals surface area contributed by atoms with Crippen LogP contribution in [-0.4, -0.2) is 78.5 Å². The minimum atomic E-state index is -0.176. The number of aromatic nitrogens is 1. The summed E-state index contributed by atoms with van der Waals surface area (Å²) < 4.78 is 5.65. The monoisotopic (exact) mass is 434 g/mol. The van der Waals surface area contributed by atoms with Crippen LogP contribution in [0.4, 0.5) is 0 Å². The summed E-state index contributed by atoms with van der Waals surface area (Å²) in [5.74, 6) is 0.412. The number of rotatable bonds is 3. The normalized spacial score (nSPS) is 19.0. The van der Waals surface area contributed by atoms with Crippen molar-refractivity contribution in [2.45, 2.75) is 26.7 Å². The molecule has 0 unspecified atom stereocenters. The number of nitrogens with zero attached hydrogens (tertiary/aromatic N) is 3. The van der Waals surface area contributed by atoms with Gasteiger partial charge in [-0.15, -0.1) is 0 Å². The zero-order valence-electron chi connectivity index (χ0n) is 18.0. The van der Waals surface area contributed by atoms with E-state index in [1.54, 1.807) is 7.11 Å². The lowest BCUT2D eigenvalue weighted by atomic mass is 9.93. The third-order valence-corrected chi connectivity index (χ3v) is 7.18. The zero-order valence-corrected chi connectivity index (χ0v) is 18.0. The van der Waals surface area contributed by atoms with Gasteiger partial charge in [-0.05, 0) is 49.6 Å². The Balaban J connectivity index is 0.00000216. The Morgan fingerprint density at radius 3 is 2.44 bits per heavy atom. The highest BCUT2D eigenvalue weighted by Crippen LogP contribution is 2.45. The fraction of sp³-hybridized carbons (Fsp3) is 0.440. The molecule has 7 heteroatoms. The predicted molar refractivity (Wildman–Crippen MR) is 126 cm³/mol. The number of amides is 2. The van der Waals surface area contributed by atoms with E-state index >= 15 is 0 Å². The quantitative estimate of drug-likeness (QED) is 0.641. The van der Waals surface area contributed by atoms with Gasteiger partial charge in [0.2, 0.25) is 0 Å². The smallest absolute Gasteiger partial charge is 0.263 e. The van der Waals surface area contributed by atoms with E-state index in [4.69, 9.17) is 4.74 Å². The number of piperazine rings is 1. The summed E-state index contributed by atoms with van der Waals surface area (Å²) in [6.45, 7) is 3.97. The van der Waals surface area contributed by atoms with Crippen LogP contribution in [0.1, 0.15) is 45.7 Å². The highest BCUT2D eigenvalue weighted by molar-refractivity contribution is 6.31. The van der Waals surface area contributed by atoms with Gasteiger partial charge >= 0.3 is 0 Å². The lowest BCUT2D eigenvalue weighted by Crippen LogP contribution is -2.50.